The molecule has 99 heavy (non-hydrogen) atoms. The van der Waals surface area contributed by atoms with E-state index in [1.807, 2.05) is 122 Å². The van der Waals surface area contributed by atoms with E-state index in [-0.39, 0.29) is 79.3 Å². The van der Waals surface area contributed by atoms with Gasteiger partial charge in [-0.2, -0.15) is 0 Å². The second kappa shape index (κ2) is 49.2. The van der Waals surface area contributed by atoms with Gasteiger partial charge in [0.05, 0.1) is 130 Å². The fourth-order valence-electron chi connectivity index (χ4n) is 9.92. The number of amides is 4. The van der Waals surface area contributed by atoms with Crippen molar-refractivity contribution in [3.8, 4) is 23.0 Å². The zero-order chi connectivity index (χ0) is 74.0. The molecule has 23 nitrogen and oxygen atoms in total. The van der Waals surface area contributed by atoms with E-state index >= 15 is 0 Å². The second-order valence-corrected chi connectivity index (χ2v) is 25.2. The molecule has 4 aliphatic rings. The van der Waals surface area contributed by atoms with Gasteiger partial charge in [0.2, 0.25) is 23.6 Å². The minimum atomic E-state index is -0.585. The molecule has 1 unspecified atom stereocenters. The number of carbonyl (C=O) groups excluding carboxylic acids is 4. The van der Waals surface area contributed by atoms with Gasteiger partial charge < -0.3 is 88.4 Å². The van der Waals surface area contributed by atoms with E-state index in [0.29, 0.717) is 71.9 Å². The summed E-state index contributed by atoms with van der Waals surface area (Å²) >= 11 is 0. The van der Waals surface area contributed by atoms with Crippen molar-refractivity contribution in [1.82, 2.24) is 20.0 Å². The van der Waals surface area contributed by atoms with Crippen LogP contribution in [0.1, 0.15) is 138 Å². The van der Waals surface area contributed by atoms with Crippen LogP contribution in [-0.4, -0.2) is 210 Å². The Morgan fingerprint density at radius 3 is 1.61 bits per heavy atom. The van der Waals surface area contributed by atoms with Crippen molar-refractivity contribution >= 4 is 29.5 Å². The number of hydrogen-bond donors (Lipinski definition) is 5. The van der Waals surface area contributed by atoms with Gasteiger partial charge in [-0.05, 0) is 154 Å². The molecule has 8 atom stereocenters. The molecule has 0 saturated carbocycles. The Bertz CT molecular complexity index is 3030. The fourth-order valence-corrected chi connectivity index (χ4v) is 9.92. The van der Waals surface area contributed by atoms with Crippen LogP contribution < -0.4 is 30.0 Å². The van der Waals surface area contributed by atoms with Crippen LogP contribution in [0.5, 0.6) is 23.0 Å². The summed E-state index contributed by atoms with van der Waals surface area (Å²) in [6, 6.07) is 24.2. The van der Waals surface area contributed by atoms with Crippen LogP contribution in [0.25, 0.3) is 0 Å². The predicted octanol–water partition coefficient (Wildman–Crippen LogP) is 9.33. The van der Waals surface area contributed by atoms with Crippen molar-refractivity contribution < 1.29 is 81.9 Å². The normalized spacial score (nSPS) is 18.6. The van der Waals surface area contributed by atoms with Gasteiger partial charge in [-0.3, -0.25) is 24.2 Å². The maximum Gasteiger partial charge on any atom is 0.250 e. The molecule has 23 heteroatoms. The number of aryl methyl sites for hydroxylation is 5. The minimum absolute atomic E-state index is 0.000793. The first-order chi connectivity index (χ1) is 47.1. The first-order valence-corrected chi connectivity index (χ1v) is 34.2. The van der Waals surface area contributed by atoms with E-state index in [1.165, 1.54) is 23.5 Å². The van der Waals surface area contributed by atoms with Crippen molar-refractivity contribution in [2.45, 2.75) is 196 Å². The monoisotopic (exact) mass is 1390 g/mol. The lowest BCUT2D eigenvalue weighted by molar-refractivity contribution is -0.135. The molecule has 556 valence electrons. The van der Waals surface area contributed by atoms with Crippen LogP contribution in [0.4, 0.5) is 0 Å². The predicted molar refractivity (Wildman–Crippen MR) is 387 cm³/mol. The summed E-state index contributed by atoms with van der Waals surface area (Å²) in [5.41, 5.74) is 13.7. The van der Waals surface area contributed by atoms with Crippen molar-refractivity contribution in [3.05, 3.63) is 130 Å². The number of aliphatic imine (C=N–C) groups is 1. The first-order valence-electron chi connectivity index (χ1n) is 34.2. The van der Waals surface area contributed by atoms with Crippen LogP contribution in [0.15, 0.2) is 90.1 Å². The lowest BCUT2D eigenvalue weighted by Gasteiger charge is -2.26. The number of aliphatic hydroxyl groups excluding tert-OH is 3. The molecule has 4 aromatic rings. The number of nitrogens with two attached hydrogens (primary N) is 1. The first kappa shape index (κ1) is 87.7. The van der Waals surface area contributed by atoms with E-state index in [9.17, 15) is 24.3 Å². The number of hydrogen-bond acceptors (Lipinski definition) is 19. The van der Waals surface area contributed by atoms with Gasteiger partial charge in [-0.1, -0.05) is 48.5 Å². The Kier molecular flexibility index (Phi) is 43.6. The van der Waals surface area contributed by atoms with E-state index < -0.39 is 6.10 Å². The van der Waals surface area contributed by atoms with Gasteiger partial charge in [0.25, 0.3) is 0 Å². The van der Waals surface area contributed by atoms with Crippen molar-refractivity contribution in [3.63, 3.8) is 0 Å². The number of nitrogens with zero attached hydrogens (tertiary/aromatic N) is 4. The minimum Gasteiger partial charge on any atom is -0.496 e. The third-order valence-corrected chi connectivity index (χ3v) is 15.6. The van der Waals surface area contributed by atoms with E-state index in [1.54, 1.807) is 66.3 Å². The number of aliphatic hydroxyl groups is 3. The molecule has 8 rings (SSSR count). The van der Waals surface area contributed by atoms with E-state index in [4.69, 9.17) is 63.3 Å². The molecular weight excluding hydrogens is 1270 g/mol. The highest BCUT2D eigenvalue weighted by molar-refractivity contribution is 5.87. The van der Waals surface area contributed by atoms with Crippen molar-refractivity contribution in [2.24, 2.45) is 10.7 Å². The summed E-state index contributed by atoms with van der Waals surface area (Å²) in [5.74, 6) is 4.34. The number of rotatable bonds is 20. The van der Waals surface area contributed by atoms with Gasteiger partial charge in [-0.15, -0.1) is 0 Å². The van der Waals surface area contributed by atoms with Gasteiger partial charge >= 0.3 is 0 Å². The van der Waals surface area contributed by atoms with Gasteiger partial charge in [0, 0.05) is 88.5 Å². The molecule has 0 aliphatic carbocycles. The summed E-state index contributed by atoms with van der Waals surface area (Å²) < 4.78 is 53.0. The summed E-state index contributed by atoms with van der Waals surface area (Å²) in [5, 5.41) is 29.8. The van der Waals surface area contributed by atoms with Gasteiger partial charge in [0.15, 0.2) is 5.90 Å². The molecule has 4 aliphatic heterocycles. The van der Waals surface area contributed by atoms with E-state index in [2.05, 4.69) is 35.4 Å². The zero-order valence-electron chi connectivity index (χ0n) is 62.6. The summed E-state index contributed by atoms with van der Waals surface area (Å²) in [7, 11) is 9.86. The highest BCUT2D eigenvalue weighted by Gasteiger charge is 2.24. The largest absolute Gasteiger partial charge is 0.496 e. The van der Waals surface area contributed by atoms with Crippen molar-refractivity contribution in [1.29, 1.82) is 0 Å². The summed E-state index contributed by atoms with van der Waals surface area (Å²) in [4.78, 5) is 56.5. The van der Waals surface area contributed by atoms with Gasteiger partial charge in [0.1, 0.15) is 29.1 Å². The fraction of sp³-hybridized carbons (Fsp3) is 0.592. The summed E-state index contributed by atoms with van der Waals surface area (Å²) in [6.07, 6.45) is 7.03. The molecular formula is C76H120N6O17. The molecule has 6 N–H and O–H groups in total. The smallest absolute Gasteiger partial charge is 0.250 e. The molecule has 0 aromatic heterocycles. The quantitative estimate of drug-likeness (QED) is 0.0551. The molecule has 0 bridgehead atoms. The number of ether oxygens (including phenoxy) is 10. The van der Waals surface area contributed by atoms with Gasteiger partial charge in [-0.25, -0.2) is 0 Å². The molecule has 4 heterocycles. The SMILES string of the molecule is COC1=NC[C@@H](C)OCC1.COc1cc(C)ccc1CCC[C@@H](C)O.COc1cc(C)ccc1CN(C[C@@H](C)O)C(=O)CC(C)OC.COc1cc(C)ccc1CN1C[C@@H](C)OC=CC1=O.COc1cc(C)ccc1CN1C[C@@H](C)OCCC1=O.C[C@@H](O)CN.C[C@@H]1CNC(=O)CCO1. The summed E-state index contributed by atoms with van der Waals surface area (Å²) in [6.45, 7) is 29.6. The van der Waals surface area contributed by atoms with Crippen LogP contribution in [0.2, 0.25) is 0 Å². The Balaban J connectivity index is 0.000000406. The maximum atomic E-state index is 12.4. The molecule has 2 saturated heterocycles. The Morgan fingerprint density at radius 2 is 1.09 bits per heavy atom. The lowest BCUT2D eigenvalue weighted by Crippen LogP contribution is -2.37. The topological polar surface area (TPSA) is 281 Å². The molecule has 4 aromatic carbocycles. The number of nitrogens with one attached hydrogen (secondary N) is 1. The molecule has 4 amide bonds. The Hall–Kier alpha value is -7.35. The molecule has 0 spiro atoms. The van der Waals surface area contributed by atoms with E-state index in [0.717, 1.165) is 101 Å². The highest BCUT2D eigenvalue weighted by atomic mass is 16.5. The molecule has 2 fully saturated rings. The van der Waals surface area contributed by atoms with Crippen LogP contribution in [-0.2, 0) is 73.7 Å². The number of methoxy groups -OCH3 is 6. The Labute approximate surface area is 590 Å². The third-order valence-electron chi connectivity index (χ3n) is 15.6. The molecule has 0 radical (unpaired) electrons. The van der Waals surface area contributed by atoms with Crippen LogP contribution in [0, 0.1) is 27.7 Å². The standard InChI is InChI=1S/C17H27NO4.C15H21NO3.C15H19NO3.C13H20O2.C7H13NO2.C6H11NO2.C3H9NO/c1-12-6-7-15(16(8-12)22-5)11-18(10-13(2)19)17(20)9-14(3)21-4;2*1-11-4-5-13(14(8-11)18-3)10-16-9-12(2)19-7-6-15(16)17;1-10-7-8-12(13(9-10)15-3)6-4-5-11(2)14;1-6-5-8-7(9-2)3-4-10-6;1-5-4-7-6(8)2-3-9-5;1-3(5)2-4/h6-8,13-14,19H,9-11H2,1-5H3;4-5,8,12H,6-7,9-10H2,1-3H3;4-8,12H,9-10H2,1-3H3;7-9,11,14H,4-6H2,1-3H3;6H,3-5H2,1-2H3;5H,2-4H2,1H3,(H,7,8);3,5H,2,4H2,1H3/t13-,14?;2*12-;11-;6-;5-;3-/m1111111/s1. The zero-order valence-corrected chi connectivity index (χ0v) is 62.6. The number of benzene rings is 4. The average Bonchev–Trinajstić information content (AvgIpc) is 1.68. The van der Waals surface area contributed by atoms with Crippen molar-refractivity contribution in [2.75, 3.05) is 102 Å². The third kappa shape index (κ3) is 37.1. The van der Waals surface area contributed by atoms with Crippen LogP contribution in [0.3, 0.4) is 0 Å². The highest BCUT2D eigenvalue weighted by Crippen LogP contribution is 2.27. The second-order valence-electron chi connectivity index (χ2n) is 25.2. The average molecular weight is 1390 g/mol. The van der Waals surface area contributed by atoms with Crippen LogP contribution >= 0.6 is 0 Å². The Morgan fingerprint density at radius 1 is 0.616 bits per heavy atom. The number of carbonyl (C=O) groups is 4. The maximum absolute atomic E-state index is 12.4. The lowest BCUT2D eigenvalue weighted by atomic mass is 10.0.